The number of benzene rings is 2. The predicted molar refractivity (Wildman–Crippen MR) is 98.6 cm³/mol. The highest BCUT2D eigenvalue weighted by molar-refractivity contribution is 6.02. The molecule has 2 rings (SSSR count). The molecule has 0 aliphatic carbocycles. The topological polar surface area (TPSA) is 65.1 Å². The molecule has 0 aliphatic rings. The summed E-state index contributed by atoms with van der Waals surface area (Å²) in [6, 6.07) is 10.2. The number of carbonyl (C=O) groups excluding carboxylic acids is 2. The van der Waals surface area contributed by atoms with Crippen molar-refractivity contribution in [3.05, 3.63) is 53.1 Å². The van der Waals surface area contributed by atoms with Gasteiger partial charge in [-0.25, -0.2) is 0 Å². The van der Waals surface area contributed by atoms with Gasteiger partial charge >= 0.3 is 0 Å². The van der Waals surface area contributed by atoms with Gasteiger partial charge in [0.1, 0.15) is 5.75 Å². The number of rotatable bonds is 7. The molecule has 0 atom stereocenters. The van der Waals surface area contributed by atoms with Crippen LogP contribution in [0.15, 0.2) is 36.4 Å². The molecule has 1 amide bonds. The van der Waals surface area contributed by atoms with E-state index in [1.54, 1.807) is 50.5 Å². The number of carbonyl (C=O) groups is 2. The Kier molecular flexibility index (Phi) is 6.22. The van der Waals surface area contributed by atoms with Gasteiger partial charge in [0.25, 0.3) is 5.91 Å². The molecule has 0 aromatic heterocycles. The van der Waals surface area contributed by atoms with Crippen LogP contribution in [0, 0.1) is 0 Å². The van der Waals surface area contributed by atoms with Crippen LogP contribution in [0.5, 0.6) is 17.2 Å². The van der Waals surface area contributed by atoms with Crippen LogP contribution < -0.4 is 14.2 Å². The van der Waals surface area contributed by atoms with Crippen molar-refractivity contribution in [1.29, 1.82) is 0 Å². The second kappa shape index (κ2) is 8.38. The first-order valence-corrected chi connectivity index (χ1v) is 8.05. The molecule has 0 saturated carbocycles. The van der Waals surface area contributed by atoms with E-state index < -0.39 is 0 Å². The smallest absolute Gasteiger partial charge is 0.257 e. The number of nitrogens with zero attached hydrogens (tertiary/aromatic N) is 1. The van der Waals surface area contributed by atoms with Crippen LogP contribution in [-0.4, -0.2) is 52.0 Å². The number of ether oxygens (including phenoxy) is 3. The first kappa shape index (κ1) is 19.3. The Labute approximate surface area is 153 Å². The fourth-order valence-electron chi connectivity index (χ4n) is 2.65. The largest absolute Gasteiger partial charge is 0.496 e. The summed E-state index contributed by atoms with van der Waals surface area (Å²) in [5.74, 6) is 1.13. The SMILES string of the molecule is COc1ccc(C(=O)Cc2cccc(OC)c2C(=O)N(C)C)cc1OC. The summed E-state index contributed by atoms with van der Waals surface area (Å²) in [6.07, 6.45) is 0.0710. The Bertz CT molecular complexity index is 814. The Morgan fingerprint density at radius 1 is 0.885 bits per heavy atom. The van der Waals surface area contributed by atoms with Gasteiger partial charge in [-0.2, -0.15) is 0 Å². The van der Waals surface area contributed by atoms with E-state index in [0.29, 0.717) is 33.9 Å². The zero-order chi connectivity index (χ0) is 19.3. The summed E-state index contributed by atoms with van der Waals surface area (Å²) >= 11 is 0. The van der Waals surface area contributed by atoms with Crippen molar-refractivity contribution in [3.63, 3.8) is 0 Å². The van der Waals surface area contributed by atoms with Gasteiger partial charge in [0.15, 0.2) is 17.3 Å². The Balaban J connectivity index is 2.39. The van der Waals surface area contributed by atoms with Gasteiger partial charge < -0.3 is 19.1 Å². The Hall–Kier alpha value is -3.02. The van der Waals surface area contributed by atoms with Crippen molar-refractivity contribution < 1.29 is 23.8 Å². The van der Waals surface area contributed by atoms with Gasteiger partial charge in [-0.1, -0.05) is 12.1 Å². The first-order valence-electron chi connectivity index (χ1n) is 8.05. The zero-order valence-electron chi connectivity index (χ0n) is 15.7. The highest BCUT2D eigenvalue weighted by atomic mass is 16.5. The lowest BCUT2D eigenvalue weighted by molar-refractivity contribution is 0.0823. The van der Waals surface area contributed by atoms with Crippen LogP contribution in [0.3, 0.4) is 0 Å². The fraction of sp³-hybridized carbons (Fsp3) is 0.300. The lowest BCUT2D eigenvalue weighted by Gasteiger charge is -2.17. The van der Waals surface area contributed by atoms with Crippen molar-refractivity contribution in [2.24, 2.45) is 0 Å². The molecule has 0 spiro atoms. The van der Waals surface area contributed by atoms with Crippen molar-refractivity contribution in [2.75, 3.05) is 35.4 Å². The number of ketones is 1. The van der Waals surface area contributed by atoms with Gasteiger partial charge in [-0.15, -0.1) is 0 Å². The number of amides is 1. The molecule has 0 aliphatic heterocycles. The number of hydrogen-bond acceptors (Lipinski definition) is 5. The van der Waals surface area contributed by atoms with Gasteiger partial charge in [0.2, 0.25) is 0 Å². The average Bonchev–Trinajstić information content (AvgIpc) is 2.66. The van der Waals surface area contributed by atoms with Gasteiger partial charge in [-0.3, -0.25) is 9.59 Å². The summed E-state index contributed by atoms with van der Waals surface area (Å²) in [5.41, 5.74) is 1.49. The molecule has 0 bridgehead atoms. The van der Waals surface area contributed by atoms with Gasteiger partial charge in [-0.05, 0) is 29.8 Å². The van der Waals surface area contributed by atoms with Gasteiger partial charge in [0.05, 0.1) is 26.9 Å². The normalized spacial score (nSPS) is 10.2. The minimum atomic E-state index is -0.211. The Morgan fingerprint density at radius 3 is 2.12 bits per heavy atom. The quantitative estimate of drug-likeness (QED) is 0.713. The predicted octanol–water partition coefficient (Wildman–Crippen LogP) is 2.84. The van der Waals surface area contributed by atoms with Crippen LogP contribution in [-0.2, 0) is 6.42 Å². The fourth-order valence-corrected chi connectivity index (χ4v) is 2.65. The molecule has 26 heavy (non-hydrogen) atoms. The minimum Gasteiger partial charge on any atom is -0.496 e. The van der Waals surface area contributed by atoms with E-state index in [4.69, 9.17) is 14.2 Å². The van der Waals surface area contributed by atoms with E-state index in [1.807, 2.05) is 0 Å². The van der Waals surface area contributed by atoms with Crippen molar-refractivity contribution >= 4 is 11.7 Å². The van der Waals surface area contributed by atoms with Crippen LogP contribution >= 0.6 is 0 Å². The summed E-state index contributed by atoms with van der Waals surface area (Å²) in [4.78, 5) is 26.8. The summed E-state index contributed by atoms with van der Waals surface area (Å²) in [7, 11) is 7.88. The summed E-state index contributed by atoms with van der Waals surface area (Å²) in [5, 5.41) is 0. The van der Waals surface area contributed by atoms with E-state index in [2.05, 4.69) is 0 Å². The van der Waals surface area contributed by atoms with E-state index in [9.17, 15) is 9.59 Å². The molecule has 0 unspecified atom stereocenters. The Morgan fingerprint density at radius 2 is 1.54 bits per heavy atom. The van der Waals surface area contributed by atoms with Crippen LogP contribution in [0.4, 0.5) is 0 Å². The molecule has 0 N–H and O–H groups in total. The lowest BCUT2D eigenvalue weighted by atomic mass is 9.97. The molecule has 2 aromatic rings. The first-order chi connectivity index (χ1) is 12.4. The van der Waals surface area contributed by atoms with E-state index in [1.165, 1.54) is 26.2 Å². The second-order valence-corrected chi connectivity index (χ2v) is 5.86. The molecule has 2 aromatic carbocycles. The van der Waals surface area contributed by atoms with Crippen molar-refractivity contribution in [3.8, 4) is 17.2 Å². The monoisotopic (exact) mass is 357 g/mol. The average molecular weight is 357 g/mol. The molecule has 0 radical (unpaired) electrons. The van der Waals surface area contributed by atoms with E-state index in [-0.39, 0.29) is 18.1 Å². The molecule has 0 saturated heterocycles. The molecule has 6 nitrogen and oxygen atoms in total. The lowest BCUT2D eigenvalue weighted by Crippen LogP contribution is -2.24. The highest BCUT2D eigenvalue weighted by Gasteiger charge is 2.21. The van der Waals surface area contributed by atoms with Crippen molar-refractivity contribution in [1.82, 2.24) is 4.90 Å². The third kappa shape index (κ3) is 3.96. The maximum absolute atomic E-state index is 12.8. The highest BCUT2D eigenvalue weighted by Crippen LogP contribution is 2.29. The standard InChI is InChI=1S/C20H23NO5/c1-21(2)20(23)19-14(7-6-8-17(19)25-4)11-15(22)13-9-10-16(24-3)18(12-13)26-5/h6-10,12H,11H2,1-5H3. The third-order valence-electron chi connectivity index (χ3n) is 4.01. The molecule has 0 fully saturated rings. The van der Waals surface area contributed by atoms with Crippen LogP contribution in [0.25, 0.3) is 0 Å². The summed E-state index contributed by atoms with van der Waals surface area (Å²) in [6.45, 7) is 0. The van der Waals surface area contributed by atoms with Crippen LogP contribution in [0.1, 0.15) is 26.3 Å². The van der Waals surface area contributed by atoms with E-state index >= 15 is 0 Å². The molecular weight excluding hydrogens is 334 g/mol. The zero-order valence-corrected chi connectivity index (χ0v) is 15.7. The number of Topliss-reactive ketones (excluding diaryl/α,β-unsaturated/α-hetero) is 1. The number of methoxy groups -OCH3 is 3. The van der Waals surface area contributed by atoms with Gasteiger partial charge in [0, 0.05) is 26.1 Å². The molecule has 6 heteroatoms. The van der Waals surface area contributed by atoms with Crippen LogP contribution in [0.2, 0.25) is 0 Å². The number of hydrogen-bond donors (Lipinski definition) is 0. The maximum Gasteiger partial charge on any atom is 0.257 e. The van der Waals surface area contributed by atoms with Crippen molar-refractivity contribution in [2.45, 2.75) is 6.42 Å². The van der Waals surface area contributed by atoms with E-state index in [0.717, 1.165) is 0 Å². The molecule has 0 heterocycles. The second-order valence-electron chi connectivity index (χ2n) is 5.86. The molecule has 138 valence electrons. The third-order valence-corrected chi connectivity index (χ3v) is 4.01. The minimum absolute atomic E-state index is 0.0710. The maximum atomic E-state index is 12.8. The molecular formula is C20H23NO5. The summed E-state index contributed by atoms with van der Waals surface area (Å²) < 4.78 is 15.8.